The van der Waals surface area contributed by atoms with Gasteiger partial charge < -0.3 is 14.8 Å². The summed E-state index contributed by atoms with van der Waals surface area (Å²) < 4.78 is 12.6. The van der Waals surface area contributed by atoms with Gasteiger partial charge in [-0.1, -0.05) is 18.7 Å². The number of amides is 1. The van der Waals surface area contributed by atoms with Crippen molar-refractivity contribution in [2.45, 2.75) is 63.3 Å². The Kier molecular flexibility index (Phi) is 7.68. The maximum absolute atomic E-state index is 13.6. The summed E-state index contributed by atoms with van der Waals surface area (Å²) >= 11 is 2.99. The van der Waals surface area contributed by atoms with Crippen molar-refractivity contribution in [2.75, 3.05) is 32.6 Å². The first-order valence-electron chi connectivity index (χ1n) is 11.1. The monoisotopic (exact) mass is 465 g/mol. The van der Waals surface area contributed by atoms with Gasteiger partial charge in [-0.05, 0) is 50.0 Å². The number of carbonyl (C=O) groups excluding carboxylic acids is 1. The predicted molar refractivity (Wildman–Crippen MR) is 124 cm³/mol. The lowest BCUT2D eigenvalue weighted by Gasteiger charge is -2.18. The van der Waals surface area contributed by atoms with Crippen LogP contribution in [0.3, 0.4) is 0 Å². The molecule has 1 N–H and O–H groups in total. The fourth-order valence-corrected chi connectivity index (χ4v) is 6.56. The molecule has 170 valence electrons. The lowest BCUT2D eigenvalue weighted by molar-refractivity contribution is -0.118. The summed E-state index contributed by atoms with van der Waals surface area (Å²) in [7, 11) is 1.65. The summed E-state index contributed by atoms with van der Waals surface area (Å²) in [5, 5.41) is 4.31. The SMILES string of the molecule is COCCCNC(=O)CSc1nc2sc3c(c2c(=O)n1CC1CCCO1)CCC(C)C3. The second kappa shape index (κ2) is 10.5. The highest BCUT2D eigenvalue weighted by Crippen LogP contribution is 2.36. The molecule has 1 aliphatic carbocycles. The van der Waals surface area contributed by atoms with E-state index in [1.54, 1.807) is 23.0 Å². The molecule has 2 aliphatic rings. The van der Waals surface area contributed by atoms with Gasteiger partial charge in [0.1, 0.15) is 4.83 Å². The number of hydrogen-bond donors (Lipinski definition) is 1. The van der Waals surface area contributed by atoms with Crippen molar-refractivity contribution in [3.63, 3.8) is 0 Å². The summed E-state index contributed by atoms with van der Waals surface area (Å²) in [5.74, 6) is 0.821. The van der Waals surface area contributed by atoms with Crippen LogP contribution in [0.4, 0.5) is 0 Å². The topological polar surface area (TPSA) is 82.5 Å². The Balaban J connectivity index is 1.59. The Morgan fingerprint density at radius 3 is 3.06 bits per heavy atom. The molecule has 0 radical (unpaired) electrons. The Morgan fingerprint density at radius 2 is 2.29 bits per heavy atom. The van der Waals surface area contributed by atoms with E-state index in [1.165, 1.54) is 22.2 Å². The molecule has 0 aromatic carbocycles. The Hall–Kier alpha value is -1.42. The zero-order chi connectivity index (χ0) is 21.8. The second-order valence-electron chi connectivity index (χ2n) is 8.46. The minimum Gasteiger partial charge on any atom is -0.385 e. The third-order valence-corrected chi connectivity index (χ3v) is 8.09. The van der Waals surface area contributed by atoms with Crippen molar-refractivity contribution < 1.29 is 14.3 Å². The van der Waals surface area contributed by atoms with Gasteiger partial charge in [-0.2, -0.15) is 0 Å². The average molecular weight is 466 g/mol. The van der Waals surface area contributed by atoms with Gasteiger partial charge in [-0.3, -0.25) is 14.2 Å². The van der Waals surface area contributed by atoms with Crippen LogP contribution in [0.2, 0.25) is 0 Å². The van der Waals surface area contributed by atoms with E-state index in [2.05, 4.69) is 12.2 Å². The van der Waals surface area contributed by atoms with Gasteiger partial charge in [0.15, 0.2) is 5.16 Å². The number of ether oxygens (including phenoxy) is 2. The molecule has 2 aromatic rings. The third kappa shape index (κ3) is 5.32. The molecule has 0 saturated carbocycles. The van der Waals surface area contributed by atoms with Crippen molar-refractivity contribution in [1.82, 2.24) is 14.9 Å². The predicted octanol–water partition coefficient (Wildman–Crippen LogP) is 3.01. The number of carbonyl (C=O) groups is 1. The standard InChI is InChI=1S/C22H31N3O4S2/c1-14-6-7-16-17(11-14)31-20-19(16)21(27)25(12-15-5-3-10-29-15)22(24-20)30-13-18(26)23-8-4-9-28-2/h14-15H,3-13H2,1-2H3,(H,23,26). The molecule has 1 amide bonds. The molecule has 1 saturated heterocycles. The quantitative estimate of drug-likeness (QED) is 0.348. The van der Waals surface area contributed by atoms with Crippen molar-refractivity contribution in [2.24, 2.45) is 5.92 Å². The minimum atomic E-state index is -0.0570. The zero-order valence-electron chi connectivity index (χ0n) is 18.3. The number of thioether (sulfide) groups is 1. The van der Waals surface area contributed by atoms with Crippen LogP contribution in [-0.2, 0) is 33.7 Å². The van der Waals surface area contributed by atoms with E-state index < -0.39 is 0 Å². The molecule has 2 atom stereocenters. The lowest BCUT2D eigenvalue weighted by Crippen LogP contribution is -2.30. The Morgan fingerprint density at radius 1 is 1.42 bits per heavy atom. The summed E-state index contributed by atoms with van der Waals surface area (Å²) in [4.78, 5) is 32.9. The molecule has 4 rings (SSSR count). The van der Waals surface area contributed by atoms with Crippen LogP contribution in [-0.4, -0.2) is 54.2 Å². The number of aromatic nitrogens is 2. The zero-order valence-corrected chi connectivity index (χ0v) is 19.9. The first-order chi connectivity index (χ1) is 15.1. The second-order valence-corrected chi connectivity index (χ2v) is 10.5. The van der Waals surface area contributed by atoms with E-state index in [-0.39, 0.29) is 23.3 Å². The van der Waals surface area contributed by atoms with Gasteiger partial charge in [0.25, 0.3) is 5.56 Å². The van der Waals surface area contributed by atoms with Crippen molar-refractivity contribution in [1.29, 1.82) is 0 Å². The molecular formula is C22H31N3O4S2. The van der Waals surface area contributed by atoms with Gasteiger partial charge in [-0.15, -0.1) is 11.3 Å². The van der Waals surface area contributed by atoms with Crippen LogP contribution < -0.4 is 10.9 Å². The van der Waals surface area contributed by atoms with E-state index in [0.29, 0.717) is 30.8 Å². The molecule has 1 fully saturated rings. The number of aryl methyl sites for hydroxylation is 1. The van der Waals surface area contributed by atoms with Crippen LogP contribution in [0, 0.1) is 5.92 Å². The van der Waals surface area contributed by atoms with E-state index in [0.717, 1.165) is 55.3 Å². The number of hydrogen-bond acceptors (Lipinski definition) is 7. The highest BCUT2D eigenvalue weighted by molar-refractivity contribution is 7.99. The van der Waals surface area contributed by atoms with Gasteiger partial charge >= 0.3 is 0 Å². The van der Waals surface area contributed by atoms with Gasteiger partial charge in [0, 0.05) is 31.7 Å². The van der Waals surface area contributed by atoms with Crippen molar-refractivity contribution in [3.8, 4) is 0 Å². The highest BCUT2D eigenvalue weighted by Gasteiger charge is 2.26. The summed E-state index contributed by atoms with van der Waals surface area (Å²) in [6.45, 7) is 4.71. The maximum atomic E-state index is 13.6. The Bertz CT molecular complexity index is 981. The van der Waals surface area contributed by atoms with Gasteiger partial charge in [0.05, 0.1) is 23.8 Å². The highest BCUT2D eigenvalue weighted by atomic mass is 32.2. The van der Waals surface area contributed by atoms with E-state index in [4.69, 9.17) is 14.5 Å². The van der Waals surface area contributed by atoms with Crippen LogP contribution in [0.1, 0.15) is 43.0 Å². The number of methoxy groups -OCH3 is 1. The molecule has 0 bridgehead atoms. The van der Waals surface area contributed by atoms with Crippen LogP contribution in [0.15, 0.2) is 9.95 Å². The van der Waals surface area contributed by atoms with Gasteiger partial charge in [-0.25, -0.2) is 4.98 Å². The summed E-state index contributed by atoms with van der Waals surface area (Å²) in [6.07, 6.45) is 5.87. The molecule has 31 heavy (non-hydrogen) atoms. The molecule has 1 aliphatic heterocycles. The lowest BCUT2D eigenvalue weighted by atomic mass is 9.89. The average Bonchev–Trinajstić information content (AvgIpc) is 3.39. The van der Waals surface area contributed by atoms with Crippen molar-refractivity contribution >= 4 is 39.2 Å². The fraction of sp³-hybridized carbons (Fsp3) is 0.682. The smallest absolute Gasteiger partial charge is 0.263 e. The van der Waals surface area contributed by atoms with E-state index in [1.807, 2.05) is 0 Å². The van der Waals surface area contributed by atoms with E-state index in [9.17, 15) is 9.59 Å². The molecule has 3 heterocycles. The van der Waals surface area contributed by atoms with Crippen LogP contribution in [0.25, 0.3) is 10.2 Å². The maximum Gasteiger partial charge on any atom is 0.263 e. The molecule has 9 heteroatoms. The molecule has 7 nitrogen and oxygen atoms in total. The normalized spacial score (nSPS) is 20.8. The molecule has 2 unspecified atom stereocenters. The number of nitrogens with zero attached hydrogens (tertiary/aromatic N) is 2. The number of rotatable bonds is 9. The first kappa shape index (κ1) is 22.8. The Labute approximate surface area is 190 Å². The fourth-order valence-electron chi connectivity index (χ4n) is 4.29. The first-order valence-corrected chi connectivity index (χ1v) is 12.9. The van der Waals surface area contributed by atoms with Crippen LogP contribution in [0.5, 0.6) is 0 Å². The number of nitrogens with one attached hydrogen (secondary N) is 1. The molecule has 2 aromatic heterocycles. The number of fused-ring (bicyclic) bond motifs is 3. The molecule has 0 spiro atoms. The van der Waals surface area contributed by atoms with Crippen molar-refractivity contribution in [3.05, 3.63) is 20.8 Å². The van der Waals surface area contributed by atoms with Gasteiger partial charge in [0.2, 0.25) is 5.91 Å². The third-order valence-electron chi connectivity index (χ3n) is 5.97. The minimum absolute atomic E-state index is 0.0237. The van der Waals surface area contributed by atoms with Crippen LogP contribution >= 0.6 is 23.1 Å². The van der Waals surface area contributed by atoms with E-state index >= 15 is 0 Å². The summed E-state index contributed by atoms with van der Waals surface area (Å²) in [6, 6.07) is 0. The summed E-state index contributed by atoms with van der Waals surface area (Å²) in [5.41, 5.74) is 1.22. The number of thiophene rings is 1. The largest absolute Gasteiger partial charge is 0.385 e. The molecular weight excluding hydrogens is 434 g/mol.